The van der Waals surface area contributed by atoms with E-state index in [1.807, 2.05) is 37.3 Å². The highest BCUT2D eigenvalue weighted by atomic mass is 28.3. The standard InChI is InChI=1S/C21H32O5Si/c1-6-12-16(22)15-18(27(4,5)17-13-10-9-11-14-17)19(20(23)25-7-2)21(24)26-8-3/h9-11,13-14,18-19H,6-8,12,15H2,1-5H3/t18-/m0/s1. The molecule has 0 aromatic heterocycles. The molecule has 0 aliphatic carbocycles. The first-order chi connectivity index (χ1) is 12.8. The molecule has 0 amide bonds. The number of ketones is 1. The Morgan fingerprint density at radius 3 is 1.89 bits per heavy atom. The molecule has 0 unspecified atom stereocenters. The highest BCUT2D eigenvalue weighted by Gasteiger charge is 2.47. The lowest BCUT2D eigenvalue weighted by Crippen LogP contribution is -2.52. The summed E-state index contributed by atoms with van der Waals surface area (Å²) in [4.78, 5) is 37.9. The fourth-order valence-electron chi connectivity index (χ4n) is 3.39. The van der Waals surface area contributed by atoms with E-state index in [0.29, 0.717) is 6.42 Å². The van der Waals surface area contributed by atoms with E-state index in [0.717, 1.165) is 11.6 Å². The summed E-state index contributed by atoms with van der Waals surface area (Å²) in [5.74, 6) is -2.20. The van der Waals surface area contributed by atoms with Gasteiger partial charge in [-0.05, 0) is 25.8 Å². The Balaban J connectivity index is 3.40. The second-order valence-electron chi connectivity index (χ2n) is 7.17. The average Bonchev–Trinajstić information content (AvgIpc) is 2.62. The zero-order valence-electron chi connectivity index (χ0n) is 17.1. The van der Waals surface area contributed by atoms with Crippen molar-refractivity contribution < 1.29 is 23.9 Å². The SMILES string of the molecule is CCCC(=O)C[C@@H](C(C(=O)OCC)C(=O)OCC)[Si](C)(C)c1ccccc1. The predicted molar refractivity (Wildman–Crippen MR) is 109 cm³/mol. The Hall–Kier alpha value is -1.95. The van der Waals surface area contributed by atoms with E-state index in [2.05, 4.69) is 13.1 Å². The van der Waals surface area contributed by atoms with Gasteiger partial charge in [-0.2, -0.15) is 0 Å². The lowest BCUT2D eigenvalue weighted by Gasteiger charge is -2.36. The van der Waals surface area contributed by atoms with Crippen molar-refractivity contribution in [2.24, 2.45) is 5.92 Å². The molecule has 1 aromatic carbocycles. The molecule has 150 valence electrons. The van der Waals surface area contributed by atoms with Crippen LogP contribution in [0.15, 0.2) is 30.3 Å². The van der Waals surface area contributed by atoms with Gasteiger partial charge in [-0.1, -0.05) is 55.5 Å². The van der Waals surface area contributed by atoms with Gasteiger partial charge in [0.05, 0.1) is 21.3 Å². The van der Waals surface area contributed by atoms with Gasteiger partial charge in [0.15, 0.2) is 5.92 Å². The fourth-order valence-corrected chi connectivity index (χ4v) is 6.71. The summed E-state index contributed by atoms with van der Waals surface area (Å²) >= 11 is 0. The van der Waals surface area contributed by atoms with Crippen molar-refractivity contribution >= 4 is 31.0 Å². The van der Waals surface area contributed by atoms with Crippen molar-refractivity contribution in [2.75, 3.05) is 13.2 Å². The molecule has 0 saturated carbocycles. The third-order valence-corrected chi connectivity index (χ3v) is 9.12. The maximum atomic E-state index is 12.7. The molecule has 0 N–H and O–H groups in total. The van der Waals surface area contributed by atoms with E-state index < -0.39 is 31.5 Å². The monoisotopic (exact) mass is 392 g/mol. The molecule has 0 aliphatic heterocycles. The number of rotatable bonds is 11. The second kappa shape index (κ2) is 11.0. The van der Waals surface area contributed by atoms with Crippen LogP contribution in [0.4, 0.5) is 0 Å². The quantitative estimate of drug-likeness (QED) is 0.328. The average molecular weight is 393 g/mol. The smallest absolute Gasteiger partial charge is 0.320 e. The first-order valence-electron chi connectivity index (χ1n) is 9.69. The summed E-state index contributed by atoms with van der Waals surface area (Å²) in [6, 6.07) is 9.84. The van der Waals surface area contributed by atoms with Crippen LogP contribution in [0.2, 0.25) is 18.6 Å². The molecule has 0 radical (unpaired) electrons. The Bertz CT molecular complexity index is 609. The van der Waals surface area contributed by atoms with Gasteiger partial charge in [0.1, 0.15) is 5.78 Å². The molecule has 6 heteroatoms. The van der Waals surface area contributed by atoms with Crippen LogP contribution in [-0.2, 0) is 23.9 Å². The minimum atomic E-state index is -2.37. The third-order valence-electron chi connectivity index (χ3n) is 4.90. The first kappa shape index (κ1) is 23.1. The zero-order chi connectivity index (χ0) is 20.4. The molecule has 0 heterocycles. The van der Waals surface area contributed by atoms with Gasteiger partial charge >= 0.3 is 11.9 Å². The Morgan fingerprint density at radius 2 is 1.44 bits per heavy atom. The zero-order valence-corrected chi connectivity index (χ0v) is 18.1. The topological polar surface area (TPSA) is 69.7 Å². The van der Waals surface area contributed by atoms with Gasteiger partial charge in [0, 0.05) is 12.8 Å². The van der Waals surface area contributed by atoms with E-state index in [1.165, 1.54) is 0 Å². The number of Topliss-reactive ketones (excluding diaryl/α,β-unsaturated/α-hetero) is 1. The second-order valence-corrected chi connectivity index (χ2v) is 11.9. The molecule has 1 aromatic rings. The van der Waals surface area contributed by atoms with Crippen LogP contribution in [0.25, 0.3) is 0 Å². The Morgan fingerprint density at radius 1 is 0.926 bits per heavy atom. The molecule has 5 nitrogen and oxygen atoms in total. The van der Waals surface area contributed by atoms with E-state index in [1.54, 1.807) is 13.8 Å². The molecular formula is C21H32O5Si. The van der Waals surface area contributed by atoms with Crippen LogP contribution in [0, 0.1) is 5.92 Å². The largest absolute Gasteiger partial charge is 0.465 e. The predicted octanol–water partition coefficient (Wildman–Crippen LogP) is 3.47. The lowest BCUT2D eigenvalue weighted by atomic mass is 9.99. The molecule has 1 atom stereocenters. The summed E-state index contributed by atoms with van der Waals surface area (Å²) < 4.78 is 10.4. The van der Waals surface area contributed by atoms with E-state index in [4.69, 9.17) is 9.47 Å². The van der Waals surface area contributed by atoms with Gasteiger partial charge in [-0.25, -0.2) is 0 Å². The summed E-state index contributed by atoms with van der Waals surface area (Å²) in [5.41, 5.74) is -0.419. The fraction of sp³-hybridized carbons (Fsp3) is 0.571. The maximum absolute atomic E-state index is 12.7. The van der Waals surface area contributed by atoms with Crippen molar-refractivity contribution in [3.05, 3.63) is 30.3 Å². The number of hydrogen-bond acceptors (Lipinski definition) is 5. The molecule has 1 rings (SSSR count). The molecule has 0 aliphatic rings. The minimum Gasteiger partial charge on any atom is -0.465 e. The number of carbonyl (C=O) groups excluding carboxylic acids is 3. The summed E-state index contributed by atoms with van der Waals surface area (Å²) in [7, 11) is -2.37. The van der Waals surface area contributed by atoms with E-state index in [9.17, 15) is 14.4 Å². The van der Waals surface area contributed by atoms with Gasteiger partial charge in [-0.3, -0.25) is 14.4 Å². The van der Waals surface area contributed by atoms with Gasteiger partial charge in [0.25, 0.3) is 0 Å². The van der Waals surface area contributed by atoms with E-state index in [-0.39, 0.29) is 25.4 Å². The highest BCUT2D eigenvalue weighted by Crippen LogP contribution is 2.36. The van der Waals surface area contributed by atoms with Crippen molar-refractivity contribution in [1.82, 2.24) is 0 Å². The van der Waals surface area contributed by atoms with Gasteiger partial charge in [0.2, 0.25) is 0 Å². The number of hydrogen-bond donors (Lipinski definition) is 0. The first-order valence-corrected chi connectivity index (χ1v) is 12.8. The highest BCUT2D eigenvalue weighted by molar-refractivity contribution is 6.91. The van der Waals surface area contributed by atoms with Crippen LogP contribution in [0.1, 0.15) is 40.0 Å². The minimum absolute atomic E-state index is 0.0672. The number of benzene rings is 1. The summed E-state index contributed by atoms with van der Waals surface area (Å²) in [6.45, 7) is 9.90. The molecule has 0 bridgehead atoms. The summed E-state index contributed by atoms with van der Waals surface area (Å²) in [6.07, 6.45) is 1.36. The van der Waals surface area contributed by atoms with Crippen molar-refractivity contribution in [1.29, 1.82) is 0 Å². The molecular weight excluding hydrogens is 360 g/mol. The van der Waals surface area contributed by atoms with Crippen molar-refractivity contribution in [2.45, 2.75) is 58.7 Å². The van der Waals surface area contributed by atoms with Gasteiger partial charge in [-0.15, -0.1) is 0 Å². The summed E-state index contributed by atoms with van der Waals surface area (Å²) in [5, 5.41) is 1.10. The molecule has 0 spiro atoms. The van der Waals surface area contributed by atoms with Crippen molar-refractivity contribution in [3.63, 3.8) is 0 Å². The van der Waals surface area contributed by atoms with Crippen molar-refractivity contribution in [3.8, 4) is 0 Å². The normalized spacial score (nSPS) is 12.5. The number of ether oxygens (including phenoxy) is 2. The molecule has 27 heavy (non-hydrogen) atoms. The maximum Gasteiger partial charge on any atom is 0.320 e. The van der Waals surface area contributed by atoms with Gasteiger partial charge < -0.3 is 9.47 Å². The van der Waals surface area contributed by atoms with Crippen LogP contribution in [0.5, 0.6) is 0 Å². The van der Waals surface area contributed by atoms with E-state index >= 15 is 0 Å². The molecule has 0 fully saturated rings. The van der Waals surface area contributed by atoms with Crippen LogP contribution >= 0.6 is 0 Å². The van der Waals surface area contributed by atoms with Crippen LogP contribution < -0.4 is 5.19 Å². The number of esters is 2. The van der Waals surface area contributed by atoms with Crippen LogP contribution in [-0.4, -0.2) is 39.0 Å². The number of carbonyl (C=O) groups is 3. The Kier molecular flexibility index (Phi) is 9.42. The molecule has 0 saturated heterocycles. The lowest BCUT2D eigenvalue weighted by molar-refractivity contribution is -0.161. The van der Waals surface area contributed by atoms with Crippen LogP contribution in [0.3, 0.4) is 0 Å². The third kappa shape index (κ3) is 6.31. The Labute approximate surface area is 163 Å².